The van der Waals surface area contributed by atoms with Gasteiger partial charge in [-0.05, 0) is 55.5 Å². The van der Waals surface area contributed by atoms with Gasteiger partial charge in [0.25, 0.3) is 0 Å². The number of nitrogens with zero attached hydrogens (tertiary/aromatic N) is 1. The summed E-state index contributed by atoms with van der Waals surface area (Å²) >= 11 is 3.66. The van der Waals surface area contributed by atoms with Crippen molar-refractivity contribution < 1.29 is 4.79 Å². The number of piperidine rings is 1. The topological polar surface area (TPSA) is 32.3 Å². The number of carbonyl (C=O) groups is 1. The molecular weight excluding hydrogens is 328 g/mol. The Morgan fingerprint density at radius 3 is 2.62 bits per heavy atom. The number of nitrogens with one attached hydrogen (secondary N) is 1. The molecule has 1 fully saturated rings. The molecule has 0 aromatic heterocycles. The van der Waals surface area contributed by atoms with Crippen molar-refractivity contribution in [3.05, 3.63) is 33.8 Å². The van der Waals surface area contributed by atoms with Crippen molar-refractivity contribution in [1.29, 1.82) is 0 Å². The monoisotopic (exact) mass is 352 g/mol. The van der Waals surface area contributed by atoms with E-state index in [1.165, 1.54) is 15.6 Å². The Labute approximate surface area is 136 Å². The van der Waals surface area contributed by atoms with Gasteiger partial charge in [0, 0.05) is 24.5 Å². The third-order valence-electron chi connectivity index (χ3n) is 4.43. The second-order valence-corrected chi connectivity index (χ2v) is 7.45. The summed E-state index contributed by atoms with van der Waals surface area (Å²) in [5.41, 5.74) is 2.88. The van der Waals surface area contributed by atoms with Crippen LogP contribution in [0.5, 0.6) is 0 Å². The number of hydrogen-bond acceptors (Lipinski definition) is 2. The molecule has 1 N–H and O–H groups in total. The molecule has 0 saturated carbocycles. The van der Waals surface area contributed by atoms with Crippen molar-refractivity contribution in [3.63, 3.8) is 0 Å². The number of benzene rings is 1. The molecule has 1 aromatic carbocycles. The first-order valence-electron chi connectivity index (χ1n) is 7.60. The smallest absolute Gasteiger partial charge is 0.216 e. The van der Waals surface area contributed by atoms with E-state index >= 15 is 0 Å². The van der Waals surface area contributed by atoms with Gasteiger partial charge in [-0.1, -0.05) is 35.0 Å². The number of rotatable bonds is 4. The molecule has 116 valence electrons. The number of aryl methyl sites for hydroxylation is 1. The van der Waals surface area contributed by atoms with Crippen LogP contribution in [0, 0.1) is 12.3 Å². The van der Waals surface area contributed by atoms with Crippen LogP contribution >= 0.6 is 15.9 Å². The van der Waals surface area contributed by atoms with E-state index < -0.39 is 0 Å². The van der Waals surface area contributed by atoms with Gasteiger partial charge < -0.3 is 5.32 Å². The molecule has 4 heteroatoms. The van der Waals surface area contributed by atoms with Gasteiger partial charge in [0.05, 0.1) is 0 Å². The molecule has 1 aliphatic rings. The van der Waals surface area contributed by atoms with Crippen LogP contribution < -0.4 is 5.32 Å². The summed E-state index contributed by atoms with van der Waals surface area (Å²) in [5.74, 6) is 0.0715. The average molecular weight is 353 g/mol. The lowest BCUT2D eigenvalue weighted by atomic mass is 9.80. The van der Waals surface area contributed by atoms with Crippen molar-refractivity contribution in [2.45, 2.75) is 40.2 Å². The Balaban J connectivity index is 1.87. The maximum Gasteiger partial charge on any atom is 0.216 e. The van der Waals surface area contributed by atoms with Crippen LogP contribution in [0.4, 0.5) is 0 Å². The highest BCUT2D eigenvalue weighted by atomic mass is 79.9. The third-order valence-corrected chi connectivity index (χ3v) is 5.17. The molecule has 1 aromatic rings. The highest BCUT2D eigenvalue weighted by molar-refractivity contribution is 9.10. The van der Waals surface area contributed by atoms with E-state index in [0.717, 1.165) is 39.0 Å². The second-order valence-electron chi connectivity index (χ2n) is 6.59. The Morgan fingerprint density at radius 1 is 1.38 bits per heavy atom. The third kappa shape index (κ3) is 4.82. The highest BCUT2D eigenvalue weighted by Gasteiger charge is 2.30. The first-order valence-corrected chi connectivity index (χ1v) is 8.39. The molecule has 3 nitrogen and oxygen atoms in total. The van der Waals surface area contributed by atoms with E-state index in [2.05, 4.69) is 58.2 Å². The number of halogens is 1. The maximum absolute atomic E-state index is 11.1. The Kier molecular flexibility index (Phi) is 5.44. The first-order chi connectivity index (χ1) is 9.88. The molecule has 1 heterocycles. The van der Waals surface area contributed by atoms with Crippen molar-refractivity contribution >= 4 is 21.8 Å². The minimum absolute atomic E-state index is 0.0715. The fraction of sp³-hybridized carbons (Fsp3) is 0.588. The Bertz CT molecular complexity index is 508. The van der Waals surface area contributed by atoms with Gasteiger partial charge in [0.1, 0.15) is 0 Å². The first kappa shape index (κ1) is 16.5. The summed E-state index contributed by atoms with van der Waals surface area (Å²) in [5, 5.41) is 2.97. The highest BCUT2D eigenvalue weighted by Crippen LogP contribution is 2.31. The maximum atomic E-state index is 11.1. The molecule has 1 saturated heterocycles. The molecule has 0 bridgehead atoms. The molecule has 1 aliphatic heterocycles. The zero-order valence-corrected chi connectivity index (χ0v) is 14.8. The van der Waals surface area contributed by atoms with Crippen LogP contribution in [0.2, 0.25) is 0 Å². The predicted octanol–water partition coefficient (Wildman–Crippen LogP) is 3.50. The number of hydrogen-bond donors (Lipinski definition) is 1. The van der Waals surface area contributed by atoms with Gasteiger partial charge in [-0.2, -0.15) is 0 Å². The van der Waals surface area contributed by atoms with Gasteiger partial charge >= 0.3 is 0 Å². The largest absolute Gasteiger partial charge is 0.356 e. The zero-order chi connectivity index (χ0) is 15.5. The summed E-state index contributed by atoms with van der Waals surface area (Å²) in [6, 6.07) is 6.57. The molecule has 0 spiro atoms. The second kappa shape index (κ2) is 6.93. The van der Waals surface area contributed by atoms with Gasteiger partial charge in [0.2, 0.25) is 5.91 Å². The van der Waals surface area contributed by atoms with Crippen LogP contribution in [0.1, 0.15) is 37.8 Å². The van der Waals surface area contributed by atoms with E-state index in [4.69, 9.17) is 0 Å². The van der Waals surface area contributed by atoms with Crippen molar-refractivity contribution in [2.75, 3.05) is 19.6 Å². The summed E-state index contributed by atoms with van der Waals surface area (Å²) in [6.45, 7) is 9.96. The molecule has 0 unspecified atom stereocenters. The molecular formula is C17H25BrN2O. The van der Waals surface area contributed by atoms with Crippen molar-refractivity contribution in [3.8, 4) is 0 Å². The quantitative estimate of drug-likeness (QED) is 0.899. The summed E-state index contributed by atoms with van der Waals surface area (Å²) in [6.07, 6.45) is 2.27. The van der Waals surface area contributed by atoms with E-state index in [1.807, 2.05) is 0 Å². The van der Waals surface area contributed by atoms with Gasteiger partial charge in [-0.25, -0.2) is 0 Å². The fourth-order valence-electron chi connectivity index (χ4n) is 2.79. The van der Waals surface area contributed by atoms with Crippen LogP contribution in [0.3, 0.4) is 0 Å². The van der Waals surface area contributed by atoms with Crippen molar-refractivity contribution in [2.24, 2.45) is 5.41 Å². The van der Waals surface area contributed by atoms with Crippen LogP contribution in [0.15, 0.2) is 22.7 Å². The summed E-state index contributed by atoms with van der Waals surface area (Å²) < 4.78 is 1.20. The van der Waals surface area contributed by atoms with E-state index in [-0.39, 0.29) is 11.3 Å². The lowest BCUT2D eigenvalue weighted by molar-refractivity contribution is -0.119. The van der Waals surface area contributed by atoms with Crippen molar-refractivity contribution in [1.82, 2.24) is 10.2 Å². The molecule has 0 atom stereocenters. The predicted molar refractivity (Wildman–Crippen MR) is 90.2 cm³/mol. The molecule has 2 rings (SSSR count). The molecule has 0 radical (unpaired) electrons. The Hall–Kier alpha value is -0.870. The van der Waals surface area contributed by atoms with Crippen LogP contribution in [-0.4, -0.2) is 30.4 Å². The van der Waals surface area contributed by atoms with Crippen LogP contribution in [0.25, 0.3) is 0 Å². The molecule has 21 heavy (non-hydrogen) atoms. The standard InChI is InChI=1S/C17H25BrN2O/c1-13-4-5-15(16(18)10-13)11-20-8-6-17(3,7-9-20)12-19-14(2)21/h4-5,10H,6-9,11-12H2,1-3H3,(H,19,21). The fourth-order valence-corrected chi connectivity index (χ4v) is 3.41. The zero-order valence-electron chi connectivity index (χ0n) is 13.2. The van der Waals surface area contributed by atoms with Crippen LogP contribution in [-0.2, 0) is 11.3 Å². The molecule has 1 amide bonds. The minimum atomic E-state index is 0.0715. The lowest BCUT2D eigenvalue weighted by Gasteiger charge is -2.39. The normalized spacial score (nSPS) is 18.5. The van der Waals surface area contributed by atoms with Gasteiger partial charge in [-0.3, -0.25) is 9.69 Å². The number of amides is 1. The SMILES string of the molecule is CC(=O)NCC1(C)CCN(Cc2ccc(C)cc2Br)CC1. The summed E-state index contributed by atoms with van der Waals surface area (Å²) in [4.78, 5) is 13.6. The van der Waals surface area contributed by atoms with E-state index in [9.17, 15) is 4.79 Å². The molecule has 0 aliphatic carbocycles. The number of carbonyl (C=O) groups excluding carboxylic acids is 1. The minimum Gasteiger partial charge on any atom is -0.356 e. The van der Waals surface area contributed by atoms with E-state index in [1.54, 1.807) is 6.92 Å². The summed E-state index contributed by atoms with van der Waals surface area (Å²) in [7, 11) is 0. The lowest BCUT2D eigenvalue weighted by Crippen LogP contribution is -2.44. The Morgan fingerprint density at radius 2 is 2.05 bits per heavy atom. The van der Waals surface area contributed by atoms with Gasteiger partial charge in [0.15, 0.2) is 0 Å². The number of likely N-dealkylation sites (tertiary alicyclic amines) is 1. The average Bonchev–Trinajstić information content (AvgIpc) is 2.42. The van der Waals surface area contributed by atoms with Gasteiger partial charge in [-0.15, -0.1) is 0 Å². The van der Waals surface area contributed by atoms with E-state index in [0.29, 0.717) is 0 Å².